The number of rotatable bonds is 4. The van der Waals surface area contributed by atoms with Crippen LogP contribution in [-0.4, -0.2) is 61.4 Å². The molecule has 1 heterocycles. The molecule has 0 saturated carbocycles. The predicted molar refractivity (Wildman–Crippen MR) is 98.6 cm³/mol. The molecule has 1 aliphatic heterocycles. The second-order valence-electron chi connectivity index (χ2n) is 6.30. The van der Waals surface area contributed by atoms with Gasteiger partial charge in [0.2, 0.25) is 5.91 Å². The van der Waals surface area contributed by atoms with E-state index in [-0.39, 0.29) is 30.1 Å². The molecule has 0 aliphatic carbocycles. The van der Waals surface area contributed by atoms with Crippen LogP contribution in [0.1, 0.15) is 29.3 Å². The Bertz CT molecular complexity index is 565. The summed E-state index contributed by atoms with van der Waals surface area (Å²) in [5, 5.41) is 3.04. The molecule has 0 bridgehead atoms. The maximum absolute atomic E-state index is 12.6. The summed E-state index contributed by atoms with van der Waals surface area (Å²) in [6.07, 6.45) is 0.829. The summed E-state index contributed by atoms with van der Waals surface area (Å²) in [5.41, 5.74) is 1.82. The number of amides is 2. The second kappa shape index (κ2) is 9.64. The number of hydrogen-bond acceptors (Lipinski definition) is 3. The van der Waals surface area contributed by atoms with E-state index in [1.165, 1.54) is 0 Å². The Labute approximate surface area is 150 Å². The molecule has 1 aromatic carbocycles. The van der Waals surface area contributed by atoms with E-state index in [4.69, 9.17) is 0 Å². The van der Waals surface area contributed by atoms with Gasteiger partial charge in [-0.3, -0.25) is 9.59 Å². The summed E-state index contributed by atoms with van der Waals surface area (Å²) in [5.74, 6) is 0.203. The van der Waals surface area contributed by atoms with Gasteiger partial charge in [-0.05, 0) is 32.5 Å². The minimum Gasteiger partial charge on any atom is -0.341 e. The van der Waals surface area contributed by atoms with Gasteiger partial charge in [0.1, 0.15) is 0 Å². The third-order valence-corrected chi connectivity index (χ3v) is 4.29. The van der Waals surface area contributed by atoms with Crippen molar-refractivity contribution in [2.45, 2.75) is 20.3 Å². The van der Waals surface area contributed by atoms with E-state index in [1.54, 1.807) is 0 Å². The normalized spacial score (nSPS) is 16.1. The van der Waals surface area contributed by atoms with Gasteiger partial charge in [0.15, 0.2) is 0 Å². The van der Waals surface area contributed by atoms with Gasteiger partial charge in [0, 0.05) is 44.2 Å². The molecule has 0 aromatic heterocycles. The zero-order valence-corrected chi connectivity index (χ0v) is 15.6. The van der Waals surface area contributed by atoms with Crippen molar-refractivity contribution >= 4 is 24.2 Å². The van der Waals surface area contributed by atoms with E-state index in [0.717, 1.165) is 24.1 Å². The van der Waals surface area contributed by atoms with Crippen LogP contribution < -0.4 is 5.32 Å². The van der Waals surface area contributed by atoms with Gasteiger partial charge >= 0.3 is 0 Å². The number of carbonyl (C=O) groups excluding carboxylic acids is 2. The van der Waals surface area contributed by atoms with Crippen molar-refractivity contribution in [2.24, 2.45) is 5.92 Å². The summed E-state index contributed by atoms with van der Waals surface area (Å²) in [6, 6.07) is 7.68. The monoisotopic (exact) mass is 353 g/mol. The van der Waals surface area contributed by atoms with Crippen LogP contribution in [-0.2, 0) is 4.79 Å². The molecule has 1 aliphatic rings. The Balaban J connectivity index is 0.00000288. The fourth-order valence-electron chi connectivity index (χ4n) is 3.01. The highest BCUT2D eigenvalue weighted by molar-refractivity contribution is 5.94. The van der Waals surface area contributed by atoms with Crippen molar-refractivity contribution in [1.82, 2.24) is 15.1 Å². The largest absolute Gasteiger partial charge is 0.341 e. The minimum absolute atomic E-state index is 0. The first-order chi connectivity index (χ1) is 11.0. The Morgan fingerprint density at radius 3 is 2.50 bits per heavy atom. The van der Waals surface area contributed by atoms with E-state index in [9.17, 15) is 9.59 Å². The molecule has 1 atom stereocenters. The van der Waals surface area contributed by atoms with Gasteiger partial charge in [-0.1, -0.05) is 24.6 Å². The number of nitrogens with one attached hydrogen (secondary N) is 1. The van der Waals surface area contributed by atoms with Crippen LogP contribution in [0.2, 0.25) is 0 Å². The molecule has 5 nitrogen and oxygen atoms in total. The summed E-state index contributed by atoms with van der Waals surface area (Å²) >= 11 is 0. The Hall–Kier alpha value is -1.59. The van der Waals surface area contributed by atoms with Crippen LogP contribution in [0.3, 0.4) is 0 Å². The Kier molecular flexibility index (Phi) is 8.22. The summed E-state index contributed by atoms with van der Waals surface area (Å²) < 4.78 is 0. The van der Waals surface area contributed by atoms with Crippen molar-refractivity contribution in [2.75, 3.05) is 39.8 Å². The lowest BCUT2D eigenvalue weighted by Gasteiger charge is -2.24. The highest BCUT2D eigenvalue weighted by atomic mass is 35.5. The average Bonchev–Trinajstić information content (AvgIpc) is 2.79. The van der Waals surface area contributed by atoms with Crippen LogP contribution in [0.25, 0.3) is 0 Å². The first-order valence-electron chi connectivity index (χ1n) is 8.32. The maximum atomic E-state index is 12.6. The molecule has 1 unspecified atom stereocenters. The van der Waals surface area contributed by atoms with Crippen LogP contribution in [0, 0.1) is 12.8 Å². The smallest absolute Gasteiger partial charge is 0.253 e. The van der Waals surface area contributed by atoms with Crippen molar-refractivity contribution < 1.29 is 9.59 Å². The van der Waals surface area contributed by atoms with Crippen molar-refractivity contribution in [3.05, 3.63) is 35.4 Å². The SMILES string of the molecule is CNCC(C)C(=O)N1CCCN(C(=O)c2cccc(C)c2)CC1.Cl. The number of hydrogen-bond donors (Lipinski definition) is 1. The summed E-state index contributed by atoms with van der Waals surface area (Å²) in [6.45, 7) is 7.26. The van der Waals surface area contributed by atoms with Crippen molar-refractivity contribution in [3.63, 3.8) is 0 Å². The first-order valence-corrected chi connectivity index (χ1v) is 8.32. The number of benzene rings is 1. The summed E-state index contributed by atoms with van der Waals surface area (Å²) in [7, 11) is 1.86. The molecule has 6 heteroatoms. The van der Waals surface area contributed by atoms with Gasteiger partial charge in [-0.15, -0.1) is 12.4 Å². The lowest BCUT2D eigenvalue weighted by Crippen LogP contribution is -2.41. The zero-order valence-electron chi connectivity index (χ0n) is 14.7. The molecule has 1 fully saturated rings. The van der Waals surface area contributed by atoms with E-state index in [2.05, 4.69) is 5.32 Å². The fourth-order valence-corrected chi connectivity index (χ4v) is 3.01. The molecule has 0 spiro atoms. The molecule has 1 saturated heterocycles. The molecule has 134 valence electrons. The third-order valence-electron chi connectivity index (χ3n) is 4.29. The Morgan fingerprint density at radius 2 is 1.83 bits per heavy atom. The molecular weight excluding hydrogens is 326 g/mol. The number of aryl methyl sites for hydroxylation is 1. The van der Waals surface area contributed by atoms with E-state index in [0.29, 0.717) is 26.2 Å². The second-order valence-corrected chi connectivity index (χ2v) is 6.30. The van der Waals surface area contributed by atoms with Crippen LogP contribution in [0.5, 0.6) is 0 Å². The zero-order chi connectivity index (χ0) is 16.8. The lowest BCUT2D eigenvalue weighted by atomic mass is 10.1. The molecular formula is C18H28ClN3O2. The van der Waals surface area contributed by atoms with Gasteiger partial charge in [0.25, 0.3) is 5.91 Å². The summed E-state index contributed by atoms with van der Waals surface area (Å²) in [4.78, 5) is 28.8. The van der Waals surface area contributed by atoms with Crippen LogP contribution >= 0.6 is 12.4 Å². The van der Waals surface area contributed by atoms with Crippen molar-refractivity contribution in [3.8, 4) is 0 Å². The molecule has 1 N–H and O–H groups in total. The van der Waals surface area contributed by atoms with Gasteiger partial charge in [0.05, 0.1) is 0 Å². The van der Waals surface area contributed by atoms with E-state index >= 15 is 0 Å². The molecule has 1 aromatic rings. The Morgan fingerprint density at radius 1 is 1.17 bits per heavy atom. The fraction of sp³-hybridized carbons (Fsp3) is 0.556. The van der Waals surface area contributed by atoms with Gasteiger partial charge in [-0.2, -0.15) is 0 Å². The first kappa shape index (κ1) is 20.5. The number of halogens is 1. The van der Waals surface area contributed by atoms with Crippen molar-refractivity contribution in [1.29, 1.82) is 0 Å². The molecule has 24 heavy (non-hydrogen) atoms. The van der Waals surface area contributed by atoms with Gasteiger partial charge in [-0.25, -0.2) is 0 Å². The predicted octanol–water partition coefficient (Wildman–Crippen LogP) is 1.95. The van der Waals surface area contributed by atoms with Crippen LogP contribution in [0.4, 0.5) is 0 Å². The number of carbonyl (C=O) groups is 2. The molecule has 2 rings (SSSR count). The average molecular weight is 354 g/mol. The highest BCUT2D eigenvalue weighted by Gasteiger charge is 2.25. The highest BCUT2D eigenvalue weighted by Crippen LogP contribution is 2.12. The van der Waals surface area contributed by atoms with E-state index < -0.39 is 0 Å². The third kappa shape index (κ3) is 5.21. The number of nitrogens with zero attached hydrogens (tertiary/aromatic N) is 2. The maximum Gasteiger partial charge on any atom is 0.253 e. The molecule has 2 amide bonds. The van der Waals surface area contributed by atoms with Crippen LogP contribution in [0.15, 0.2) is 24.3 Å². The quantitative estimate of drug-likeness (QED) is 0.900. The topological polar surface area (TPSA) is 52.7 Å². The lowest BCUT2D eigenvalue weighted by molar-refractivity contribution is -0.134. The minimum atomic E-state index is -0.0287. The van der Waals surface area contributed by atoms with Gasteiger partial charge < -0.3 is 15.1 Å². The van der Waals surface area contributed by atoms with E-state index in [1.807, 2.05) is 55.0 Å². The molecule has 0 radical (unpaired) electrons. The standard InChI is InChI=1S/C18H27N3O2.ClH/c1-14-6-4-7-16(12-14)18(23)21-9-5-8-20(10-11-21)17(22)15(2)13-19-3;/h4,6-7,12,15,19H,5,8-11,13H2,1-3H3;1H.